The minimum absolute atomic E-state index is 0.0518. The maximum atomic E-state index is 13.2. The van der Waals surface area contributed by atoms with Gasteiger partial charge in [0, 0.05) is 26.7 Å². The highest BCUT2D eigenvalue weighted by Gasteiger charge is 2.27. The molecule has 0 spiro atoms. The van der Waals surface area contributed by atoms with Crippen molar-refractivity contribution in [2.45, 2.75) is 24.3 Å². The smallest absolute Gasteiger partial charge is 0.257 e. The Morgan fingerprint density at radius 2 is 1.77 bits per heavy atom. The van der Waals surface area contributed by atoms with Gasteiger partial charge in [-0.25, -0.2) is 8.42 Å². The molecule has 8 nitrogen and oxygen atoms in total. The summed E-state index contributed by atoms with van der Waals surface area (Å²) in [5.41, 5.74) is 1.04. The molecule has 1 amide bonds. The predicted octanol–water partition coefficient (Wildman–Crippen LogP) is 2.52. The Kier molecular flexibility index (Phi) is 6.06. The molecule has 0 atom stereocenters. The van der Waals surface area contributed by atoms with Crippen LogP contribution in [-0.2, 0) is 16.6 Å². The second-order valence-electron chi connectivity index (χ2n) is 7.60. The number of methoxy groups -OCH3 is 1. The average molecular weight is 447 g/mol. The lowest BCUT2D eigenvalue weighted by Crippen LogP contribution is -2.29. The summed E-state index contributed by atoms with van der Waals surface area (Å²) in [5.74, 6) is 1.42. The number of benzene rings is 2. The van der Waals surface area contributed by atoms with Crippen molar-refractivity contribution >= 4 is 15.9 Å². The highest BCUT2D eigenvalue weighted by atomic mass is 32.2. The molecule has 0 aromatic heterocycles. The Morgan fingerprint density at radius 3 is 2.48 bits per heavy atom. The largest absolute Gasteiger partial charge is 0.496 e. The first-order valence-corrected chi connectivity index (χ1v) is 11.7. The quantitative estimate of drug-likeness (QED) is 0.678. The van der Waals surface area contributed by atoms with E-state index in [1.807, 2.05) is 6.07 Å². The fourth-order valence-corrected chi connectivity index (χ4v) is 5.00. The van der Waals surface area contributed by atoms with Crippen molar-refractivity contribution in [1.29, 1.82) is 0 Å². The van der Waals surface area contributed by atoms with Crippen LogP contribution in [0.15, 0.2) is 41.3 Å². The molecule has 4 rings (SSSR count). The molecule has 2 heterocycles. The number of hydrogen-bond donors (Lipinski definition) is 0. The van der Waals surface area contributed by atoms with Crippen LogP contribution in [0.3, 0.4) is 0 Å². The molecule has 31 heavy (non-hydrogen) atoms. The number of amides is 1. The summed E-state index contributed by atoms with van der Waals surface area (Å²) < 4.78 is 44.1. The van der Waals surface area contributed by atoms with Gasteiger partial charge >= 0.3 is 0 Å². The first kappa shape index (κ1) is 21.5. The van der Waals surface area contributed by atoms with Crippen LogP contribution in [0.5, 0.6) is 17.2 Å². The summed E-state index contributed by atoms with van der Waals surface area (Å²) >= 11 is 0. The van der Waals surface area contributed by atoms with Crippen molar-refractivity contribution < 1.29 is 27.4 Å². The SMILES string of the molecule is COc1ccc(S(=O)(=O)N(C)Cc2ccc3c(c2)OCCO3)cc1C(=O)N1CCCC1. The van der Waals surface area contributed by atoms with Crippen LogP contribution in [0.2, 0.25) is 0 Å². The Labute approximate surface area is 182 Å². The fraction of sp³-hybridized carbons (Fsp3) is 0.409. The summed E-state index contributed by atoms with van der Waals surface area (Å²) in [6, 6.07) is 9.80. The Morgan fingerprint density at radius 1 is 1.06 bits per heavy atom. The number of hydrogen-bond acceptors (Lipinski definition) is 6. The average Bonchev–Trinajstić information content (AvgIpc) is 3.33. The topological polar surface area (TPSA) is 85.4 Å². The van der Waals surface area contributed by atoms with E-state index in [9.17, 15) is 13.2 Å². The van der Waals surface area contributed by atoms with Gasteiger partial charge in [0.1, 0.15) is 19.0 Å². The van der Waals surface area contributed by atoms with Gasteiger partial charge in [0.25, 0.3) is 5.91 Å². The van der Waals surface area contributed by atoms with Gasteiger partial charge in [0.2, 0.25) is 10.0 Å². The summed E-state index contributed by atoms with van der Waals surface area (Å²) in [6.07, 6.45) is 1.90. The molecule has 0 aliphatic carbocycles. The van der Waals surface area contributed by atoms with Crippen molar-refractivity contribution in [3.63, 3.8) is 0 Å². The molecule has 166 valence electrons. The molecular weight excluding hydrogens is 420 g/mol. The number of nitrogens with zero attached hydrogens (tertiary/aromatic N) is 2. The van der Waals surface area contributed by atoms with Crippen LogP contribution in [-0.4, -0.2) is 64.0 Å². The van der Waals surface area contributed by atoms with E-state index in [1.54, 1.807) is 17.0 Å². The van der Waals surface area contributed by atoms with Gasteiger partial charge in [-0.1, -0.05) is 6.07 Å². The number of rotatable bonds is 6. The second kappa shape index (κ2) is 8.76. The van der Waals surface area contributed by atoms with E-state index in [4.69, 9.17) is 14.2 Å². The molecule has 0 saturated carbocycles. The number of sulfonamides is 1. The highest BCUT2D eigenvalue weighted by molar-refractivity contribution is 7.89. The minimum Gasteiger partial charge on any atom is -0.496 e. The molecule has 0 N–H and O–H groups in total. The van der Waals surface area contributed by atoms with Crippen molar-refractivity contribution in [3.8, 4) is 17.2 Å². The monoisotopic (exact) mass is 446 g/mol. The molecular formula is C22H26N2O6S. The van der Waals surface area contributed by atoms with E-state index >= 15 is 0 Å². The molecule has 2 aliphatic rings. The molecule has 2 aromatic carbocycles. The standard InChI is InChI=1S/C22H26N2O6S/c1-23(15-16-5-7-20-21(13-16)30-12-11-29-20)31(26,27)17-6-8-19(28-2)18(14-17)22(25)24-9-3-4-10-24/h5-8,13-14H,3-4,9-12,15H2,1-2H3. The molecule has 2 aliphatic heterocycles. The Hall–Kier alpha value is -2.78. The first-order chi connectivity index (χ1) is 14.9. The van der Waals surface area contributed by atoms with E-state index in [-0.39, 0.29) is 22.9 Å². The lowest BCUT2D eigenvalue weighted by molar-refractivity contribution is 0.0789. The van der Waals surface area contributed by atoms with Crippen LogP contribution < -0.4 is 14.2 Å². The van der Waals surface area contributed by atoms with Crippen LogP contribution in [0.4, 0.5) is 0 Å². The minimum atomic E-state index is -3.83. The van der Waals surface area contributed by atoms with E-state index in [0.717, 1.165) is 18.4 Å². The number of likely N-dealkylation sites (tertiary alicyclic amines) is 1. The molecule has 2 aromatic rings. The summed E-state index contributed by atoms with van der Waals surface area (Å²) in [7, 11) is -0.845. The summed E-state index contributed by atoms with van der Waals surface area (Å²) in [6.45, 7) is 2.45. The predicted molar refractivity (Wildman–Crippen MR) is 114 cm³/mol. The van der Waals surface area contributed by atoms with Gasteiger partial charge in [0.05, 0.1) is 17.6 Å². The lowest BCUT2D eigenvalue weighted by atomic mass is 10.1. The highest BCUT2D eigenvalue weighted by Crippen LogP contribution is 2.32. The normalized spacial score (nSPS) is 15.9. The van der Waals surface area contributed by atoms with Crippen LogP contribution >= 0.6 is 0 Å². The van der Waals surface area contributed by atoms with Gasteiger partial charge in [-0.3, -0.25) is 4.79 Å². The zero-order valence-corrected chi connectivity index (χ0v) is 18.5. The first-order valence-electron chi connectivity index (χ1n) is 10.2. The molecule has 1 fully saturated rings. The molecule has 9 heteroatoms. The third kappa shape index (κ3) is 4.33. The van der Waals surface area contributed by atoms with E-state index in [0.29, 0.717) is 43.6 Å². The number of fused-ring (bicyclic) bond motifs is 1. The van der Waals surface area contributed by atoms with Gasteiger partial charge in [-0.05, 0) is 48.7 Å². The zero-order chi connectivity index (χ0) is 22.0. The maximum absolute atomic E-state index is 13.2. The van der Waals surface area contributed by atoms with Crippen molar-refractivity contribution in [2.75, 3.05) is 40.5 Å². The summed E-state index contributed by atoms with van der Waals surface area (Å²) in [4.78, 5) is 14.7. The number of ether oxygens (including phenoxy) is 3. The molecule has 1 saturated heterocycles. The Bertz CT molecular complexity index is 1080. The van der Waals surface area contributed by atoms with E-state index in [1.165, 1.54) is 36.7 Å². The second-order valence-corrected chi connectivity index (χ2v) is 9.65. The van der Waals surface area contributed by atoms with Crippen LogP contribution in [0.1, 0.15) is 28.8 Å². The molecule has 0 radical (unpaired) electrons. The van der Waals surface area contributed by atoms with Crippen molar-refractivity contribution in [1.82, 2.24) is 9.21 Å². The van der Waals surface area contributed by atoms with E-state index < -0.39 is 10.0 Å². The number of carbonyl (C=O) groups excluding carboxylic acids is 1. The van der Waals surface area contributed by atoms with Gasteiger partial charge in [0.15, 0.2) is 11.5 Å². The number of carbonyl (C=O) groups is 1. The van der Waals surface area contributed by atoms with E-state index in [2.05, 4.69) is 0 Å². The maximum Gasteiger partial charge on any atom is 0.257 e. The van der Waals surface area contributed by atoms with Crippen molar-refractivity contribution in [3.05, 3.63) is 47.5 Å². The zero-order valence-electron chi connectivity index (χ0n) is 17.7. The van der Waals surface area contributed by atoms with Gasteiger partial charge < -0.3 is 19.1 Å². The molecule has 0 unspecified atom stereocenters. The lowest BCUT2D eigenvalue weighted by Gasteiger charge is -2.22. The third-order valence-electron chi connectivity index (χ3n) is 5.51. The van der Waals surface area contributed by atoms with Gasteiger partial charge in [-0.2, -0.15) is 4.31 Å². The Balaban J connectivity index is 1.58. The van der Waals surface area contributed by atoms with Crippen LogP contribution in [0.25, 0.3) is 0 Å². The fourth-order valence-electron chi connectivity index (χ4n) is 3.81. The van der Waals surface area contributed by atoms with Crippen molar-refractivity contribution in [2.24, 2.45) is 0 Å². The van der Waals surface area contributed by atoms with Gasteiger partial charge in [-0.15, -0.1) is 0 Å². The van der Waals surface area contributed by atoms with Crippen LogP contribution in [0, 0.1) is 0 Å². The summed E-state index contributed by atoms with van der Waals surface area (Å²) in [5, 5.41) is 0. The third-order valence-corrected chi connectivity index (χ3v) is 7.31. The molecule has 0 bridgehead atoms.